The number of nitrogens with zero attached hydrogens (tertiary/aromatic N) is 3. The molecule has 0 aliphatic carbocycles. The lowest BCUT2D eigenvalue weighted by atomic mass is 10.2. The second-order valence-electron chi connectivity index (χ2n) is 3.05. The number of hydrogen-bond acceptors (Lipinski definition) is 4. The van der Waals surface area contributed by atoms with Gasteiger partial charge in [0.05, 0.1) is 5.69 Å². The first-order valence-corrected chi connectivity index (χ1v) is 5.68. The average molecular weight is 344 g/mol. The molecule has 4 nitrogen and oxygen atoms in total. The summed E-state index contributed by atoms with van der Waals surface area (Å²) in [5.74, 6) is -2.48. The van der Waals surface area contributed by atoms with Crippen LogP contribution in [0.1, 0.15) is 0 Å². The molecule has 1 aromatic rings. The van der Waals surface area contributed by atoms with Crippen molar-refractivity contribution in [3.05, 3.63) is 38.5 Å². The van der Waals surface area contributed by atoms with Gasteiger partial charge in [-0.3, -0.25) is 0 Å². The molecule has 1 rings (SSSR count). The van der Waals surface area contributed by atoms with Gasteiger partial charge in [0.15, 0.2) is 17.2 Å². The minimum Gasteiger partial charge on any atom is -0.343 e. The Labute approximate surface area is 120 Å². The Bertz CT molecular complexity index is 679. The number of halogens is 4. The van der Waals surface area contributed by atoms with Crippen LogP contribution >= 0.6 is 27.5 Å². The third-order valence-electron chi connectivity index (χ3n) is 1.95. The Morgan fingerprint density at radius 1 is 1.21 bits per heavy atom. The monoisotopic (exact) mass is 342 g/mol. The van der Waals surface area contributed by atoms with Crippen LogP contribution in [0.15, 0.2) is 21.8 Å². The molecule has 0 aliphatic heterocycles. The lowest BCUT2D eigenvalue weighted by Crippen LogP contribution is -2.03. The minimum absolute atomic E-state index is 0.0411. The summed E-state index contributed by atoms with van der Waals surface area (Å²) in [7, 11) is 0. The number of benzene rings is 1. The van der Waals surface area contributed by atoms with E-state index in [0.29, 0.717) is 0 Å². The van der Waals surface area contributed by atoms with Gasteiger partial charge in [0, 0.05) is 4.47 Å². The van der Waals surface area contributed by atoms with Crippen LogP contribution in [0.4, 0.5) is 14.5 Å². The smallest absolute Gasteiger partial charge is 0.179 e. The van der Waals surface area contributed by atoms with E-state index in [9.17, 15) is 8.78 Å². The topological polar surface area (TPSA) is 83.4 Å². The van der Waals surface area contributed by atoms with Gasteiger partial charge in [-0.15, -0.1) is 0 Å². The fourth-order valence-electron chi connectivity index (χ4n) is 1.09. The van der Waals surface area contributed by atoms with E-state index < -0.39 is 27.9 Å². The first kappa shape index (κ1) is 14.9. The van der Waals surface area contributed by atoms with Crippen LogP contribution in [0.2, 0.25) is 5.02 Å². The zero-order valence-corrected chi connectivity index (χ0v) is 11.3. The van der Waals surface area contributed by atoms with Crippen molar-refractivity contribution in [1.82, 2.24) is 0 Å². The molecule has 0 heterocycles. The molecular formula is C11H2BrClF2N4. The molecule has 0 fully saturated rings. The van der Waals surface area contributed by atoms with E-state index in [1.807, 2.05) is 0 Å². The van der Waals surface area contributed by atoms with E-state index in [0.717, 1.165) is 6.07 Å². The van der Waals surface area contributed by atoms with Crippen LogP contribution in [-0.4, -0.2) is 0 Å². The molecule has 0 aliphatic rings. The van der Waals surface area contributed by atoms with E-state index in [1.54, 1.807) is 6.07 Å². The molecule has 0 bridgehead atoms. The molecule has 0 atom stereocenters. The Kier molecular flexibility index (Phi) is 4.83. The van der Waals surface area contributed by atoms with Crippen molar-refractivity contribution in [3.8, 4) is 18.2 Å². The first-order valence-electron chi connectivity index (χ1n) is 4.50. The van der Waals surface area contributed by atoms with Gasteiger partial charge in [-0.05, 0) is 22.0 Å². The molecular weight excluding hydrogens is 342 g/mol. The third kappa shape index (κ3) is 3.00. The first-order chi connectivity index (χ1) is 8.96. The molecule has 1 aromatic carbocycles. The zero-order chi connectivity index (χ0) is 14.6. The molecule has 19 heavy (non-hydrogen) atoms. The largest absolute Gasteiger partial charge is 0.343 e. The molecule has 1 N–H and O–H groups in total. The molecule has 0 amide bonds. The fraction of sp³-hybridized carbons (Fsp3) is 0. The highest BCUT2D eigenvalue weighted by Gasteiger charge is 2.18. The summed E-state index contributed by atoms with van der Waals surface area (Å²) in [5.41, 5.74) is -1.08. The summed E-state index contributed by atoms with van der Waals surface area (Å²) < 4.78 is 26.4. The van der Waals surface area contributed by atoms with Gasteiger partial charge in [0.2, 0.25) is 0 Å². The molecule has 0 saturated heterocycles. The van der Waals surface area contributed by atoms with Crippen LogP contribution in [0.3, 0.4) is 0 Å². The van der Waals surface area contributed by atoms with Gasteiger partial charge < -0.3 is 5.32 Å². The van der Waals surface area contributed by atoms with Crippen molar-refractivity contribution in [2.75, 3.05) is 5.32 Å². The lowest BCUT2D eigenvalue weighted by Gasteiger charge is -2.10. The van der Waals surface area contributed by atoms with Crippen molar-refractivity contribution in [1.29, 1.82) is 15.8 Å². The van der Waals surface area contributed by atoms with E-state index in [-0.39, 0.29) is 10.2 Å². The highest BCUT2D eigenvalue weighted by molar-refractivity contribution is 9.10. The molecule has 0 aromatic heterocycles. The van der Waals surface area contributed by atoms with Crippen LogP contribution in [0.25, 0.3) is 0 Å². The maximum Gasteiger partial charge on any atom is 0.179 e. The van der Waals surface area contributed by atoms with Gasteiger partial charge in [-0.25, -0.2) is 8.78 Å². The lowest BCUT2D eigenvalue weighted by molar-refractivity contribution is 0.509. The highest BCUT2D eigenvalue weighted by Crippen LogP contribution is 2.35. The normalized spacial score (nSPS) is 8.89. The summed E-state index contributed by atoms with van der Waals surface area (Å²) in [4.78, 5) is 0. The standard InChI is InChI=1S/C11H2BrClF2N4/c12-6-1-7(14)10(15)9(13)11(6)19-8(4-18)5(2-16)3-17/h1,19H. The number of anilines is 1. The van der Waals surface area contributed by atoms with Crippen molar-refractivity contribution < 1.29 is 8.78 Å². The third-order valence-corrected chi connectivity index (χ3v) is 2.93. The van der Waals surface area contributed by atoms with Crippen LogP contribution in [0, 0.1) is 45.6 Å². The molecule has 94 valence electrons. The summed E-state index contributed by atoms with van der Waals surface area (Å²) in [5, 5.41) is 27.8. The van der Waals surface area contributed by atoms with Crippen LogP contribution < -0.4 is 5.32 Å². The van der Waals surface area contributed by atoms with Crippen LogP contribution in [-0.2, 0) is 0 Å². The zero-order valence-electron chi connectivity index (χ0n) is 8.93. The van der Waals surface area contributed by atoms with E-state index in [1.165, 1.54) is 12.1 Å². The Balaban J connectivity index is 3.41. The van der Waals surface area contributed by atoms with E-state index in [2.05, 4.69) is 21.2 Å². The van der Waals surface area contributed by atoms with Crippen LogP contribution in [0.5, 0.6) is 0 Å². The van der Waals surface area contributed by atoms with Gasteiger partial charge in [0.1, 0.15) is 28.9 Å². The second-order valence-corrected chi connectivity index (χ2v) is 4.29. The number of allylic oxidation sites excluding steroid dienone is 2. The SMILES string of the molecule is N#CC(C#N)=C(C#N)Nc1c(Br)cc(F)c(F)c1Cl. The van der Waals surface area contributed by atoms with Crippen molar-refractivity contribution in [2.45, 2.75) is 0 Å². The summed E-state index contributed by atoms with van der Waals surface area (Å²) in [6.07, 6.45) is 0. The minimum atomic E-state index is -1.31. The Morgan fingerprint density at radius 3 is 2.26 bits per heavy atom. The van der Waals surface area contributed by atoms with E-state index in [4.69, 9.17) is 27.4 Å². The van der Waals surface area contributed by atoms with Crippen molar-refractivity contribution >= 4 is 33.2 Å². The van der Waals surface area contributed by atoms with Gasteiger partial charge >= 0.3 is 0 Å². The molecule has 0 unspecified atom stereocenters. The second kappa shape index (κ2) is 6.15. The summed E-state index contributed by atoms with van der Waals surface area (Å²) in [6, 6.07) is 5.36. The van der Waals surface area contributed by atoms with Gasteiger partial charge in [-0.2, -0.15) is 15.8 Å². The Hall–Kier alpha value is -2.14. The summed E-state index contributed by atoms with van der Waals surface area (Å²) in [6.45, 7) is 0. The Morgan fingerprint density at radius 2 is 1.79 bits per heavy atom. The van der Waals surface area contributed by atoms with Crippen molar-refractivity contribution in [3.63, 3.8) is 0 Å². The highest BCUT2D eigenvalue weighted by atomic mass is 79.9. The predicted molar refractivity (Wildman–Crippen MR) is 66.6 cm³/mol. The van der Waals surface area contributed by atoms with Gasteiger partial charge in [-0.1, -0.05) is 11.6 Å². The molecule has 0 saturated carbocycles. The molecule has 0 radical (unpaired) electrons. The fourth-order valence-corrected chi connectivity index (χ4v) is 1.94. The van der Waals surface area contributed by atoms with Crippen molar-refractivity contribution in [2.24, 2.45) is 0 Å². The summed E-state index contributed by atoms with van der Waals surface area (Å²) >= 11 is 8.52. The molecule has 0 spiro atoms. The number of nitrogens with one attached hydrogen (secondary N) is 1. The maximum absolute atomic E-state index is 13.3. The quantitative estimate of drug-likeness (QED) is 0.505. The average Bonchev–Trinajstić information content (AvgIpc) is 2.40. The maximum atomic E-state index is 13.3. The predicted octanol–water partition coefficient (Wildman–Crippen LogP) is 3.62. The molecule has 8 heteroatoms. The number of hydrogen-bond donors (Lipinski definition) is 1. The van der Waals surface area contributed by atoms with Gasteiger partial charge in [0.25, 0.3) is 0 Å². The number of nitriles is 3. The van der Waals surface area contributed by atoms with E-state index >= 15 is 0 Å². The number of rotatable bonds is 2.